The highest BCUT2D eigenvalue weighted by molar-refractivity contribution is 5.92. The lowest BCUT2D eigenvalue weighted by Gasteiger charge is -1.97. The Labute approximate surface area is 104 Å². The van der Waals surface area contributed by atoms with Crippen LogP contribution < -0.4 is 16.7 Å². The van der Waals surface area contributed by atoms with E-state index in [4.69, 9.17) is 4.42 Å². The highest BCUT2D eigenvalue weighted by Gasteiger charge is 2.08. The molecular formula is C10H8N4O5. The molecule has 0 aliphatic heterocycles. The third kappa shape index (κ3) is 2.77. The van der Waals surface area contributed by atoms with Crippen LogP contribution in [0.2, 0.25) is 0 Å². The van der Waals surface area contributed by atoms with Gasteiger partial charge in [0.1, 0.15) is 5.56 Å². The normalized spacial score (nSPS) is 10.7. The Morgan fingerprint density at radius 2 is 2.21 bits per heavy atom. The number of aromatic nitrogens is 2. The minimum absolute atomic E-state index is 0.0387. The van der Waals surface area contributed by atoms with Crippen LogP contribution in [-0.4, -0.2) is 27.2 Å². The lowest BCUT2D eigenvalue weighted by atomic mass is 10.3. The van der Waals surface area contributed by atoms with Crippen molar-refractivity contribution in [3.05, 3.63) is 50.6 Å². The maximum atomic E-state index is 11.4. The third-order valence-electron chi connectivity index (χ3n) is 2.06. The van der Waals surface area contributed by atoms with E-state index in [-0.39, 0.29) is 11.3 Å². The van der Waals surface area contributed by atoms with E-state index in [9.17, 15) is 19.5 Å². The maximum absolute atomic E-state index is 11.4. The Morgan fingerprint density at radius 1 is 1.42 bits per heavy atom. The van der Waals surface area contributed by atoms with Crippen LogP contribution in [-0.2, 0) is 0 Å². The number of nitrogens with zero attached hydrogens (tertiary/aromatic N) is 1. The van der Waals surface area contributed by atoms with Crippen molar-refractivity contribution >= 4 is 12.1 Å². The molecule has 0 unspecified atom stereocenters. The highest BCUT2D eigenvalue weighted by Crippen LogP contribution is 2.01. The van der Waals surface area contributed by atoms with Gasteiger partial charge >= 0.3 is 11.6 Å². The topological polar surface area (TPSA) is 141 Å². The zero-order valence-corrected chi connectivity index (χ0v) is 9.34. The molecule has 0 aliphatic rings. The van der Waals surface area contributed by atoms with E-state index < -0.39 is 23.0 Å². The number of carbonyl (C=O) groups excluding carboxylic acids is 1. The maximum Gasteiger partial charge on any atom is 0.328 e. The van der Waals surface area contributed by atoms with E-state index in [0.29, 0.717) is 0 Å². The molecule has 9 heteroatoms. The molecule has 0 radical (unpaired) electrons. The van der Waals surface area contributed by atoms with Gasteiger partial charge < -0.3 is 9.52 Å². The molecule has 2 aromatic rings. The Balaban J connectivity index is 2.14. The number of furan rings is 1. The second-order valence-electron chi connectivity index (χ2n) is 3.35. The van der Waals surface area contributed by atoms with E-state index >= 15 is 0 Å². The average molecular weight is 264 g/mol. The van der Waals surface area contributed by atoms with Crippen molar-refractivity contribution in [3.63, 3.8) is 0 Å². The van der Waals surface area contributed by atoms with E-state index in [1.54, 1.807) is 0 Å². The summed E-state index contributed by atoms with van der Waals surface area (Å²) in [6.45, 7) is 0. The fourth-order valence-electron chi connectivity index (χ4n) is 1.22. The molecule has 0 spiro atoms. The zero-order valence-electron chi connectivity index (χ0n) is 9.34. The lowest BCUT2D eigenvalue weighted by molar-refractivity contribution is 0.0927. The quantitative estimate of drug-likeness (QED) is 0.421. The Bertz CT molecular complexity index is 725. The molecule has 4 N–H and O–H groups in total. The van der Waals surface area contributed by atoms with Crippen molar-refractivity contribution in [1.82, 2.24) is 15.4 Å². The number of hydrazone groups is 1. The van der Waals surface area contributed by atoms with Crippen molar-refractivity contribution in [2.24, 2.45) is 5.10 Å². The number of aromatic amines is 2. The van der Waals surface area contributed by atoms with Gasteiger partial charge in [-0.05, 0) is 12.1 Å². The summed E-state index contributed by atoms with van der Waals surface area (Å²) in [7, 11) is 0. The van der Waals surface area contributed by atoms with Crippen LogP contribution in [0.1, 0.15) is 16.1 Å². The predicted octanol–water partition coefficient (Wildman–Crippen LogP) is -0.874. The molecule has 0 saturated carbocycles. The Hall–Kier alpha value is -3.10. The van der Waals surface area contributed by atoms with Crippen LogP contribution in [0.3, 0.4) is 0 Å². The largest absolute Gasteiger partial charge is 0.494 e. The second kappa shape index (κ2) is 5.04. The SMILES string of the molecule is O=C(NN=Cc1c(O)[nH]c(=O)[nH]c1=O)c1ccco1. The summed E-state index contributed by atoms with van der Waals surface area (Å²) >= 11 is 0. The van der Waals surface area contributed by atoms with Gasteiger partial charge in [0.25, 0.3) is 5.56 Å². The zero-order chi connectivity index (χ0) is 13.8. The second-order valence-corrected chi connectivity index (χ2v) is 3.35. The molecule has 0 saturated heterocycles. The molecule has 2 rings (SSSR count). The summed E-state index contributed by atoms with van der Waals surface area (Å²) < 4.78 is 4.81. The van der Waals surface area contributed by atoms with E-state index in [1.807, 2.05) is 9.97 Å². The molecule has 0 aromatic carbocycles. The van der Waals surface area contributed by atoms with Crippen molar-refractivity contribution in [3.8, 4) is 5.88 Å². The van der Waals surface area contributed by atoms with Crippen LogP contribution in [0.25, 0.3) is 0 Å². The van der Waals surface area contributed by atoms with Crippen LogP contribution in [0.15, 0.2) is 37.5 Å². The molecule has 0 bridgehead atoms. The molecular weight excluding hydrogens is 256 g/mol. The van der Waals surface area contributed by atoms with Gasteiger partial charge in [0.05, 0.1) is 12.5 Å². The Kier molecular flexibility index (Phi) is 3.28. The van der Waals surface area contributed by atoms with Crippen LogP contribution >= 0.6 is 0 Å². The summed E-state index contributed by atoms with van der Waals surface area (Å²) in [6.07, 6.45) is 2.21. The molecule has 1 amide bonds. The molecule has 98 valence electrons. The third-order valence-corrected chi connectivity index (χ3v) is 2.06. The predicted molar refractivity (Wildman–Crippen MR) is 63.1 cm³/mol. The first-order valence-corrected chi connectivity index (χ1v) is 5.00. The van der Waals surface area contributed by atoms with Crippen molar-refractivity contribution in [1.29, 1.82) is 0 Å². The lowest BCUT2D eigenvalue weighted by Crippen LogP contribution is -2.25. The first-order valence-electron chi connectivity index (χ1n) is 5.00. The van der Waals surface area contributed by atoms with E-state index in [1.165, 1.54) is 18.4 Å². The van der Waals surface area contributed by atoms with Crippen LogP contribution in [0, 0.1) is 0 Å². The molecule has 0 aliphatic carbocycles. The number of hydrogen-bond donors (Lipinski definition) is 4. The monoisotopic (exact) mass is 264 g/mol. The fourth-order valence-corrected chi connectivity index (χ4v) is 1.22. The smallest absolute Gasteiger partial charge is 0.328 e. The number of aromatic hydroxyl groups is 1. The van der Waals surface area contributed by atoms with Gasteiger partial charge in [-0.25, -0.2) is 10.2 Å². The summed E-state index contributed by atoms with van der Waals surface area (Å²) in [5.41, 5.74) is 0.107. The summed E-state index contributed by atoms with van der Waals surface area (Å²) in [6, 6.07) is 2.95. The Morgan fingerprint density at radius 3 is 2.84 bits per heavy atom. The minimum Gasteiger partial charge on any atom is -0.494 e. The minimum atomic E-state index is -0.848. The summed E-state index contributed by atoms with van der Waals surface area (Å²) in [5.74, 6) is -1.23. The molecule has 0 atom stereocenters. The molecule has 2 aromatic heterocycles. The summed E-state index contributed by atoms with van der Waals surface area (Å²) in [4.78, 5) is 37.4. The van der Waals surface area contributed by atoms with E-state index in [2.05, 4.69) is 10.5 Å². The average Bonchev–Trinajstić information content (AvgIpc) is 2.85. The van der Waals surface area contributed by atoms with Gasteiger partial charge in [-0.3, -0.25) is 19.6 Å². The number of hydrogen-bond acceptors (Lipinski definition) is 6. The number of amides is 1. The molecule has 0 fully saturated rings. The van der Waals surface area contributed by atoms with Gasteiger partial charge in [-0.1, -0.05) is 0 Å². The van der Waals surface area contributed by atoms with Crippen molar-refractivity contribution in [2.45, 2.75) is 0 Å². The van der Waals surface area contributed by atoms with Crippen LogP contribution in [0.4, 0.5) is 0 Å². The van der Waals surface area contributed by atoms with Gasteiger partial charge in [0.15, 0.2) is 5.76 Å². The van der Waals surface area contributed by atoms with E-state index in [0.717, 1.165) is 6.21 Å². The van der Waals surface area contributed by atoms with Gasteiger partial charge in [-0.15, -0.1) is 0 Å². The molecule has 19 heavy (non-hydrogen) atoms. The van der Waals surface area contributed by atoms with Gasteiger partial charge in [0.2, 0.25) is 5.88 Å². The number of nitrogens with one attached hydrogen (secondary N) is 3. The molecule has 2 heterocycles. The first kappa shape index (κ1) is 12.4. The standard InChI is InChI=1S/C10H8N4O5/c15-7-5(8(16)13-10(18)12-7)4-11-14-9(17)6-2-1-3-19-6/h1-4H,(H,14,17)(H3,12,13,15,16,18). The van der Waals surface area contributed by atoms with Gasteiger partial charge in [-0.2, -0.15) is 5.10 Å². The highest BCUT2D eigenvalue weighted by atomic mass is 16.3. The van der Waals surface area contributed by atoms with Crippen LogP contribution in [0.5, 0.6) is 5.88 Å². The number of rotatable bonds is 3. The first-order chi connectivity index (χ1) is 9.08. The van der Waals surface area contributed by atoms with Gasteiger partial charge in [0, 0.05) is 0 Å². The number of H-pyrrole nitrogens is 2. The van der Waals surface area contributed by atoms with Crippen molar-refractivity contribution < 1.29 is 14.3 Å². The fraction of sp³-hybridized carbons (Fsp3) is 0. The number of carbonyl (C=O) groups is 1. The molecule has 9 nitrogen and oxygen atoms in total. The van der Waals surface area contributed by atoms with Crippen molar-refractivity contribution in [2.75, 3.05) is 0 Å². The summed E-state index contributed by atoms with van der Waals surface area (Å²) in [5, 5.41) is 12.8.